The number of halogens is 1. The molecule has 1 N–H and O–H groups in total. The van der Waals surface area contributed by atoms with Crippen molar-refractivity contribution >= 4 is 17.5 Å². The van der Waals surface area contributed by atoms with E-state index in [-0.39, 0.29) is 11.5 Å². The Morgan fingerprint density at radius 2 is 2.17 bits per heavy atom. The third-order valence-corrected chi connectivity index (χ3v) is 4.43. The van der Waals surface area contributed by atoms with Gasteiger partial charge in [-0.2, -0.15) is 5.10 Å². The third kappa shape index (κ3) is 4.23. The first kappa shape index (κ1) is 16.7. The summed E-state index contributed by atoms with van der Waals surface area (Å²) < 4.78 is 1.45. The van der Waals surface area contributed by atoms with Gasteiger partial charge in [0.2, 0.25) is 5.91 Å². The molecule has 0 saturated heterocycles. The number of benzene rings is 1. The fourth-order valence-corrected chi connectivity index (χ4v) is 3.15. The summed E-state index contributed by atoms with van der Waals surface area (Å²) in [5.74, 6) is -0.0378. The van der Waals surface area contributed by atoms with Gasteiger partial charge in [-0.3, -0.25) is 9.59 Å². The van der Waals surface area contributed by atoms with Crippen LogP contribution in [0.2, 0.25) is 5.02 Å². The molecule has 0 bridgehead atoms. The first-order valence-electron chi connectivity index (χ1n) is 8.23. The Morgan fingerprint density at radius 1 is 1.29 bits per heavy atom. The van der Waals surface area contributed by atoms with Gasteiger partial charge in [-0.15, -0.1) is 0 Å². The van der Waals surface area contributed by atoms with Gasteiger partial charge in [0.25, 0.3) is 5.56 Å². The Morgan fingerprint density at radius 3 is 3.00 bits per heavy atom. The van der Waals surface area contributed by atoms with E-state index < -0.39 is 0 Å². The van der Waals surface area contributed by atoms with Crippen LogP contribution in [0.3, 0.4) is 0 Å². The van der Waals surface area contributed by atoms with Crippen LogP contribution in [0.15, 0.2) is 35.1 Å². The minimum Gasteiger partial charge on any atom is -0.354 e. The molecule has 1 amide bonds. The molecule has 1 aliphatic carbocycles. The zero-order chi connectivity index (χ0) is 16.9. The maximum Gasteiger partial charge on any atom is 0.267 e. The van der Waals surface area contributed by atoms with Crippen molar-refractivity contribution in [1.82, 2.24) is 15.1 Å². The molecule has 1 aliphatic rings. The van der Waals surface area contributed by atoms with Gasteiger partial charge < -0.3 is 5.32 Å². The smallest absolute Gasteiger partial charge is 0.267 e. The maximum atomic E-state index is 12.0. The molecule has 0 radical (unpaired) electrons. The van der Waals surface area contributed by atoms with E-state index in [1.54, 1.807) is 6.07 Å². The number of hydrogen-bond acceptors (Lipinski definition) is 3. The number of amides is 1. The van der Waals surface area contributed by atoms with E-state index in [0.29, 0.717) is 31.0 Å². The molecule has 6 heteroatoms. The van der Waals surface area contributed by atoms with Crippen LogP contribution in [0.4, 0.5) is 0 Å². The molecule has 1 aromatic heterocycles. The second kappa shape index (κ2) is 7.62. The minimum atomic E-state index is -0.0937. The highest BCUT2D eigenvalue weighted by molar-refractivity contribution is 6.30. The zero-order valence-electron chi connectivity index (χ0n) is 13.4. The van der Waals surface area contributed by atoms with E-state index in [9.17, 15) is 9.59 Å². The van der Waals surface area contributed by atoms with Crippen molar-refractivity contribution in [2.75, 3.05) is 6.54 Å². The molecule has 0 saturated carbocycles. The van der Waals surface area contributed by atoms with E-state index in [2.05, 4.69) is 10.4 Å². The summed E-state index contributed by atoms with van der Waals surface area (Å²) in [5.41, 5.74) is 3.03. The molecule has 5 nitrogen and oxygen atoms in total. The number of nitrogens with zero attached hydrogens (tertiary/aromatic N) is 2. The van der Waals surface area contributed by atoms with Gasteiger partial charge in [0.1, 0.15) is 0 Å². The van der Waals surface area contributed by atoms with Gasteiger partial charge in [0.05, 0.1) is 12.2 Å². The Labute approximate surface area is 145 Å². The number of carbonyl (C=O) groups excluding carboxylic acids is 1. The van der Waals surface area contributed by atoms with Crippen molar-refractivity contribution in [3.05, 3.63) is 62.5 Å². The van der Waals surface area contributed by atoms with E-state index in [1.807, 2.05) is 24.3 Å². The monoisotopic (exact) mass is 345 g/mol. The first-order valence-corrected chi connectivity index (χ1v) is 8.61. The second-order valence-electron chi connectivity index (χ2n) is 6.01. The predicted molar refractivity (Wildman–Crippen MR) is 93.3 cm³/mol. The highest BCUT2D eigenvalue weighted by atomic mass is 35.5. The van der Waals surface area contributed by atoms with E-state index in [0.717, 1.165) is 36.1 Å². The van der Waals surface area contributed by atoms with Crippen LogP contribution in [0.5, 0.6) is 0 Å². The summed E-state index contributed by atoms with van der Waals surface area (Å²) in [7, 11) is 0. The van der Waals surface area contributed by atoms with Crippen LogP contribution in [0.25, 0.3) is 0 Å². The first-order chi connectivity index (χ1) is 11.6. The number of aryl methyl sites for hydroxylation is 3. The van der Waals surface area contributed by atoms with E-state index >= 15 is 0 Å². The molecule has 0 atom stereocenters. The molecule has 0 fully saturated rings. The Bertz CT molecular complexity index is 801. The van der Waals surface area contributed by atoms with Crippen molar-refractivity contribution in [2.24, 2.45) is 0 Å². The zero-order valence-corrected chi connectivity index (χ0v) is 14.2. The van der Waals surface area contributed by atoms with Gasteiger partial charge in [0, 0.05) is 24.1 Å². The highest BCUT2D eigenvalue weighted by Gasteiger charge is 2.14. The quantitative estimate of drug-likeness (QED) is 0.872. The largest absolute Gasteiger partial charge is 0.354 e. The lowest BCUT2D eigenvalue weighted by molar-refractivity contribution is -0.121. The average molecular weight is 346 g/mol. The lowest BCUT2D eigenvalue weighted by Gasteiger charge is -2.08. The topological polar surface area (TPSA) is 64.0 Å². The molecule has 1 heterocycles. The summed E-state index contributed by atoms with van der Waals surface area (Å²) >= 11 is 5.93. The number of carbonyl (C=O) groups is 1. The van der Waals surface area contributed by atoms with Crippen molar-refractivity contribution in [2.45, 2.75) is 38.6 Å². The lowest BCUT2D eigenvalue weighted by Crippen LogP contribution is -2.32. The van der Waals surface area contributed by atoms with E-state index in [4.69, 9.17) is 11.6 Å². The van der Waals surface area contributed by atoms with Crippen LogP contribution in [0, 0.1) is 0 Å². The number of hydrogen-bond donors (Lipinski definition) is 1. The maximum absolute atomic E-state index is 12.0. The summed E-state index contributed by atoms with van der Waals surface area (Å²) in [6.45, 7) is 0.801. The van der Waals surface area contributed by atoms with Crippen LogP contribution in [-0.2, 0) is 30.6 Å². The Balaban J connectivity index is 1.46. The molecular formula is C18H20ClN3O2. The number of nitrogens with one attached hydrogen (secondary N) is 1. The lowest BCUT2D eigenvalue weighted by atomic mass is 10.1. The normalized spacial score (nSPS) is 12.9. The van der Waals surface area contributed by atoms with Crippen molar-refractivity contribution in [3.63, 3.8) is 0 Å². The molecular weight excluding hydrogens is 326 g/mol. The molecule has 126 valence electrons. The average Bonchev–Trinajstić information content (AvgIpc) is 3.00. The summed E-state index contributed by atoms with van der Waals surface area (Å²) in [5, 5.41) is 7.91. The fraction of sp³-hybridized carbons (Fsp3) is 0.389. The highest BCUT2D eigenvalue weighted by Crippen LogP contribution is 2.16. The number of rotatable bonds is 6. The van der Waals surface area contributed by atoms with Crippen LogP contribution in [0.1, 0.15) is 29.7 Å². The SMILES string of the molecule is O=C(CCc1cccc(Cl)c1)NCCn1nc2c(cc1=O)CCC2. The van der Waals surface area contributed by atoms with Crippen LogP contribution < -0.4 is 10.9 Å². The third-order valence-electron chi connectivity index (χ3n) is 4.20. The number of fused-ring (bicyclic) bond motifs is 1. The van der Waals surface area contributed by atoms with Crippen LogP contribution >= 0.6 is 11.6 Å². The molecule has 3 rings (SSSR count). The standard InChI is InChI=1S/C18H20ClN3O2/c19-15-5-1-3-13(11-15)7-8-17(23)20-9-10-22-18(24)12-14-4-2-6-16(14)21-22/h1,3,5,11-12H,2,4,6-10H2,(H,20,23). The molecule has 24 heavy (non-hydrogen) atoms. The Hall–Kier alpha value is -2.14. The van der Waals surface area contributed by atoms with Crippen LogP contribution in [-0.4, -0.2) is 22.2 Å². The Kier molecular flexibility index (Phi) is 5.30. The van der Waals surface area contributed by atoms with Crippen molar-refractivity contribution < 1.29 is 4.79 Å². The predicted octanol–water partition coefficient (Wildman–Crippen LogP) is 2.13. The van der Waals surface area contributed by atoms with Gasteiger partial charge in [-0.05, 0) is 48.9 Å². The molecule has 1 aromatic carbocycles. The summed E-state index contributed by atoms with van der Waals surface area (Å²) in [6, 6.07) is 9.18. The summed E-state index contributed by atoms with van der Waals surface area (Å²) in [6.07, 6.45) is 3.97. The van der Waals surface area contributed by atoms with Gasteiger partial charge in [-0.1, -0.05) is 23.7 Å². The number of aromatic nitrogens is 2. The van der Waals surface area contributed by atoms with Crippen molar-refractivity contribution in [3.8, 4) is 0 Å². The van der Waals surface area contributed by atoms with Gasteiger partial charge >= 0.3 is 0 Å². The molecule has 0 aliphatic heterocycles. The molecule has 0 unspecified atom stereocenters. The van der Waals surface area contributed by atoms with Gasteiger partial charge in [-0.25, -0.2) is 4.68 Å². The minimum absolute atomic E-state index is 0.0378. The summed E-state index contributed by atoms with van der Waals surface area (Å²) in [4.78, 5) is 23.9. The molecule has 2 aromatic rings. The fourth-order valence-electron chi connectivity index (χ4n) is 2.94. The molecule has 0 spiro atoms. The van der Waals surface area contributed by atoms with E-state index in [1.165, 1.54) is 4.68 Å². The van der Waals surface area contributed by atoms with Gasteiger partial charge in [0.15, 0.2) is 0 Å². The second-order valence-corrected chi connectivity index (χ2v) is 6.45. The van der Waals surface area contributed by atoms with Crippen molar-refractivity contribution in [1.29, 1.82) is 0 Å².